The summed E-state index contributed by atoms with van der Waals surface area (Å²) in [6.07, 6.45) is -8.90. The fourth-order valence-corrected chi connectivity index (χ4v) is 3.15. The Balaban J connectivity index is 0.00000341. The van der Waals surface area contributed by atoms with E-state index in [1.165, 1.54) is 47.4 Å². The Morgan fingerprint density at radius 1 is 1.26 bits per heavy atom. The number of carbonyl (C=O) groups excluding carboxylic acids is 1. The van der Waals surface area contributed by atoms with Crippen LogP contribution in [0, 0.1) is 5.82 Å². The Bertz CT molecular complexity index is 868. The van der Waals surface area contributed by atoms with Gasteiger partial charge in [0.25, 0.3) is 0 Å². The summed E-state index contributed by atoms with van der Waals surface area (Å²) in [4.78, 5) is 13.4. The molecule has 0 spiro atoms. The molecule has 1 amide bonds. The molecule has 2 aromatic carbocycles. The maximum Gasteiger partial charge on any atom is 0.426 e. The third-order valence-electron chi connectivity index (χ3n) is 4.50. The van der Waals surface area contributed by atoms with E-state index in [0.29, 0.717) is 10.6 Å². The molecular formula is C20H20Cl2F4N2O3. The van der Waals surface area contributed by atoms with Crippen LogP contribution < -0.4 is 5.32 Å². The number of morpholine rings is 1. The van der Waals surface area contributed by atoms with Crippen molar-refractivity contribution < 1.29 is 31.8 Å². The average molecular weight is 483 g/mol. The maximum atomic E-state index is 13.5. The fourth-order valence-electron chi connectivity index (χ4n) is 3.03. The Labute approximate surface area is 187 Å². The zero-order valence-electron chi connectivity index (χ0n) is 16.1. The lowest BCUT2D eigenvalue weighted by atomic mass is 10.1. The largest absolute Gasteiger partial charge is 0.435 e. The Morgan fingerprint density at radius 2 is 1.97 bits per heavy atom. The summed E-state index contributed by atoms with van der Waals surface area (Å²) in [6, 6.07) is 11.6. The minimum absolute atomic E-state index is 0. The van der Waals surface area contributed by atoms with Gasteiger partial charge in [-0.15, -0.1) is 12.4 Å². The number of hydrogen-bond donors (Lipinski definition) is 1. The molecular weight excluding hydrogens is 463 g/mol. The van der Waals surface area contributed by atoms with Gasteiger partial charge in [-0.05, 0) is 42.0 Å². The Morgan fingerprint density at radius 3 is 2.61 bits per heavy atom. The van der Waals surface area contributed by atoms with Crippen LogP contribution in [0.2, 0.25) is 5.02 Å². The van der Waals surface area contributed by atoms with Crippen molar-refractivity contribution in [3.63, 3.8) is 0 Å². The summed E-state index contributed by atoms with van der Waals surface area (Å²) in [6.45, 7) is -0.0613. The number of hydrogen-bond acceptors (Lipinski definition) is 4. The van der Waals surface area contributed by atoms with E-state index in [9.17, 15) is 22.4 Å². The lowest BCUT2D eigenvalue weighted by molar-refractivity contribution is -0.209. The van der Waals surface area contributed by atoms with Crippen LogP contribution in [-0.4, -0.2) is 49.5 Å². The average Bonchev–Trinajstić information content (AvgIpc) is 2.69. The SMILES string of the molecule is Cl.O=C(Nc1ccc(Cl)cc1)OC(CN1CCO[C@@H](c2cccc(F)c2)C1)C(F)(F)F. The second-order valence-electron chi connectivity index (χ2n) is 6.74. The maximum absolute atomic E-state index is 13.5. The van der Waals surface area contributed by atoms with Crippen molar-refractivity contribution in [3.8, 4) is 0 Å². The summed E-state index contributed by atoms with van der Waals surface area (Å²) < 4.78 is 64.1. The molecule has 3 rings (SSSR count). The molecule has 2 aromatic rings. The van der Waals surface area contributed by atoms with E-state index >= 15 is 0 Å². The molecule has 1 fully saturated rings. The zero-order chi connectivity index (χ0) is 21.7. The number of rotatable bonds is 5. The Kier molecular flexibility index (Phi) is 8.93. The van der Waals surface area contributed by atoms with Crippen LogP contribution in [0.4, 0.5) is 28.0 Å². The molecule has 0 radical (unpaired) electrons. The first-order valence-electron chi connectivity index (χ1n) is 9.10. The third kappa shape index (κ3) is 7.53. The van der Waals surface area contributed by atoms with Crippen molar-refractivity contribution in [2.45, 2.75) is 18.4 Å². The lowest BCUT2D eigenvalue weighted by Crippen LogP contribution is -2.48. The van der Waals surface area contributed by atoms with E-state index in [0.717, 1.165) is 0 Å². The zero-order valence-corrected chi connectivity index (χ0v) is 17.6. The topological polar surface area (TPSA) is 50.8 Å². The summed E-state index contributed by atoms with van der Waals surface area (Å²) in [5.41, 5.74) is 0.785. The number of alkyl halides is 3. The van der Waals surface area contributed by atoms with Crippen LogP contribution >= 0.6 is 24.0 Å². The van der Waals surface area contributed by atoms with Gasteiger partial charge >= 0.3 is 12.3 Å². The molecule has 2 atom stereocenters. The predicted octanol–water partition coefficient (Wildman–Crippen LogP) is 5.45. The number of nitrogens with one attached hydrogen (secondary N) is 1. The number of carbonyl (C=O) groups is 1. The van der Waals surface area contributed by atoms with Crippen LogP contribution in [0.3, 0.4) is 0 Å². The smallest absolute Gasteiger partial charge is 0.426 e. The predicted molar refractivity (Wildman–Crippen MR) is 110 cm³/mol. The summed E-state index contributed by atoms with van der Waals surface area (Å²) in [5, 5.41) is 2.66. The van der Waals surface area contributed by atoms with Crippen LogP contribution in [-0.2, 0) is 9.47 Å². The van der Waals surface area contributed by atoms with Gasteiger partial charge in [-0.1, -0.05) is 23.7 Å². The summed E-state index contributed by atoms with van der Waals surface area (Å²) in [7, 11) is 0. The number of nitrogens with zero attached hydrogens (tertiary/aromatic N) is 1. The monoisotopic (exact) mass is 482 g/mol. The van der Waals surface area contributed by atoms with E-state index < -0.39 is 36.8 Å². The van der Waals surface area contributed by atoms with Gasteiger partial charge in [0.15, 0.2) is 0 Å². The first-order valence-corrected chi connectivity index (χ1v) is 9.48. The molecule has 0 saturated carbocycles. The first kappa shape index (κ1) is 25.2. The molecule has 0 aromatic heterocycles. The molecule has 0 bridgehead atoms. The van der Waals surface area contributed by atoms with Gasteiger partial charge in [-0.3, -0.25) is 10.2 Å². The number of amides is 1. The van der Waals surface area contributed by atoms with Crippen molar-refractivity contribution in [2.75, 3.05) is 31.6 Å². The van der Waals surface area contributed by atoms with Crippen molar-refractivity contribution >= 4 is 35.8 Å². The van der Waals surface area contributed by atoms with E-state index in [-0.39, 0.29) is 37.8 Å². The molecule has 1 aliphatic heterocycles. The summed E-state index contributed by atoms with van der Waals surface area (Å²) in [5.74, 6) is -0.455. The normalized spacial score (nSPS) is 18.0. The van der Waals surface area contributed by atoms with Crippen molar-refractivity contribution in [1.29, 1.82) is 0 Å². The summed E-state index contributed by atoms with van der Waals surface area (Å²) >= 11 is 5.74. The molecule has 1 saturated heterocycles. The van der Waals surface area contributed by atoms with Crippen molar-refractivity contribution in [1.82, 2.24) is 4.90 Å². The number of ether oxygens (including phenoxy) is 2. The van der Waals surface area contributed by atoms with Crippen LogP contribution in [0.15, 0.2) is 48.5 Å². The molecule has 1 unspecified atom stereocenters. The second-order valence-corrected chi connectivity index (χ2v) is 7.18. The van der Waals surface area contributed by atoms with Crippen LogP contribution in [0.25, 0.3) is 0 Å². The van der Waals surface area contributed by atoms with Crippen molar-refractivity contribution in [3.05, 3.63) is 64.9 Å². The van der Waals surface area contributed by atoms with E-state index in [4.69, 9.17) is 16.3 Å². The molecule has 1 aliphatic rings. The van der Waals surface area contributed by atoms with Gasteiger partial charge in [0, 0.05) is 30.3 Å². The van der Waals surface area contributed by atoms with Gasteiger partial charge in [-0.25, -0.2) is 9.18 Å². The lowest BCUT2D eigenvalue weighted by Gasteiger charge is -2.35. The van der Waals surface area contributed by atoms with Gasteiger partial charge in [0.1, 0.15) is 5.82 Å². The number of halogens is 6. The minimum atomic E-state index is -4.76. The third-order valence-corrected chi connectivity index (χ3v) is 4.75. The molecule has 1 heterocycles. The highest BCUT2D eigenvalue weighted by Crippen LogP contribution is 2.28. The van der Waals surface area contributed by atoms with E-state index in [1.54, 1.807) is 6.07 Å². The Hall–Kier alpha value is -2.07. The highest BCUT2D eigenvalue weighted by molar-refractivity contribution is 6.30. The number of anilines is 1. The van der Waals surface area contributed by atoms with Gasteiger partial charge < -0.3 is 9.47 Å². The standard InChI is InChI=1S/C20H19ClF4N2O3.ClH/c21-14-4-6-16(7-5-14)26-19(28)30-18(20(23,24)25)12-27-8-9-29-17(11-27)13-2-1-3-15(22)10-13;/h1-7,10,17-18H,8-9,11-12H2,(H,26,28);1H/t17-,18?;/m1./s1. The van der Waals surface area contributed by atoms with Crippen LogP contribution in [0.1, 0.15) is 11.7 Å². The van der Waals surface area contributed by atoms with Gasteiger partial charge in [-0.2, -0.15) is 13.2 Å². The number of benzene rings is 2. The van der Waals surface area contributed by atoms with Gasteiger partial charge in [0.05, 0.1) is 12.7 Å². The van der Waals surface area contributed by atoms with Crippen LogP contribution in [0.5, 0.6) is 0 Å². The van der Waals surface area contributed by atoms with E-state index in [1.807, 2.05) is 0 Å². The van der Waals surface area contributed by atoms with Crippen molar-refractivity contribution in [2.24, 2.45) is 0 Å². The van der Waals surface area contributed by atoms with E-state index in [2.05, 4.69) is 10.1 Å². The second kappa shape index (κ2) is 11.0. The molecule has 5 nitrogen and oxygen atoms in total. The quantitative estimate of drug-likeness (QED) is 0.575. The molecule has 11 heteroatoms. The minimum Gasteiger partial charge on any atom is -0.435 e. The fraction of sp³-hybridized carbons (Fsp3) is 0.350. The first-order chi connectivity index (χ1) is 14.2. The molecule has 31 heavy (non-hydrogen) atoms. The highest BCUT2D eigenvalue weighted by atomic mass is 35.5. The molecule has 170 valence electrons. The molecule has 0 aliphatic carbocycles. The highest BCUT2D eigenvalue weighted by Gasteiger charge is 2.44. The molecule has 1 N–H and O–H groups in total. The van der Waals surface area contributed by atoms with Gasteiger partial charge in [0.2, 0.25) is 6.10 Å².